The number of carbonyl (C=O) groups excluding carboxylic acids is 4. The number of fused-ring (bicyclic) bond motifs is 2. The van der Waals surface area contributed by atoms with Gasteiger partial charge in [-0.25, -0.2) is 0 Å². The number of aromatic nitrogens is 8. The van der Waals surface area contributed by atoms with Crippen molar-refractivity contribution >= 4 is 45.7 Å². The molecule has 0 aliphatic rings. The molecule has 8 N–H and O–H groups in total. The number of ether oxygens (including phenoxy) is 2. The fourth-order valence-corrected chi connectivity index (χ4v) is 7.28. The van der Waals surface area contributed by atoms with Gasteiger partial charge in [0.05, 0.1) is 61.4 Å². The lowest BCUT2D eigenvalue weighted by atomic mass is 10.1. The summed E-state index contributed by atoms with van der Waals surface area (Å²) in [6.07, 6.45) is -2.72. The molecule has 0 bridgehead atoms. The van der Waals surface area contributed by atoms with Crippen LogP contribution < -0.4 is 37.9 Å². The number of amides is 4. The van der Waals surface area contributed by atoms with Gasteiger partial charge in [-0.1, -0.05) is 0 Å². The Morgan fingerprint density at radius 3 is 1.54 bits per heavy atom. The molecule has 0 aliphatic carbocycles. The Morgan fingerprint density at radius 2 is 1.15 bits per heavy atom. The fraction of sp³-hybridized carbons (Fsp3) is 0.400. The van der Waals surface area contributed by atoms with Crippen LogP contribution in [0.5, 0.6) is 11.5 Å². The Balaban J connectivity index is 1.53. The van der Waals surface area contributed by atoms with Crippen LogP contribution in [-0.4, -0.2) is 104 Å². The summed E-state index contributed by atoms with van der Waals surface area (Å²) in [7, 11) is 4.64. The number of hydrogen-bond donors (Lipinski definition) is 5. The van der Waals surface area contributed by atoms with Crippen molar-refractivity contribution in [1.82, 2.24) is 37.8 Å². The Kier molecular flexibility index (Phi) is 12.8. The molecule has 0 saturated heterocycles. The van der Waals surface area contributed by atoms with Crippen molar-refractivity contribution in [2.75, 3.05) is 20.3 Å². The predicted octanol–water partition coefficient (Wildman–Crippen LogP) is 0.161. The van der Waals surface area contributed by atoms with E-state index >= 15 is 0 Å². The van der Waals surface area contributed by atoms with E-state index in [1.54, 1.807) is 49.2 Å². The standard InChI is InChI=1S/C40H51N13O8/c1-8-52-27(13-21(3)46-52)37(58)44-39-48(5)25-15-23(35(42)56)17-31(60-7)33(25)50(39)19-29(54)30(55)20-51-34-26(16-24(36(43)57)18-32(34)61-12-10-11-41)49(6)40(51)45-38(59)28-14-22(4)47-53(28)9-2/h13-18,29-30,54-55H,8-12,19-20,41H2,1-7H3,(H2,42,56)(H2,43,57). The van der Waals surface area contributed by atoms with Crippen LogP contribution in [0.15, 0.2) is 46.4 Å². The number of nitrogens with two attached hydrogens (primary N) is 3. The smallest absolute Gasteiger partial charge is 0.298 e. The molecule has 4 amide bonds. The van der Waals surface area contributed by atoms with Crippen LogP contribution in [0.25, 0.3) is 22.1 Å². The van der Waals surface area contributed by atoms with Crippen molar-refractivity contribution in [3.8, 4) is 11.5 Å². The third kappa shape index (κ3) is 8.47. The molecule has 21 heteroatoms. The molecule has 61 heavy (non-hydrogen) atoms. The fourth-order valence-electron chi connectivity index (χ4n) is 7.28. The lowest BCUT2D eigenvalue weighted by Gasteiger charge is -2.21. The first-order valence-electron chi connectivity index (χ1n) is 19.6. The normalized spacial score (nSPS) is 13.3. The van der Waals surface area contributed by atoms with E-state index in [4.69, 9.17) is 26.7 Å². The summed E-state index contributed by atoms with van der Waals surface area (Å²) in [5.74, 6) is -2.35. The number of rotatable bonds is 16. The van der Waals surface area contributed by atoms with Gasteiger partial charge in [0, 0.05) is 38.3 Å². The van der Waals surface area contributed by atoms with E-state index < -0.39 is 35.8 Å². The van der Waals surface area contributed by atoms with E-state index in [1.165, 1.54) is 49.9 Å². The highest BCUT2D eigenvalue weighted by Crippen LogP contribution is 2.30. The number of carbonyl (C=O) groups is 4. The number of primary amides is 2. The Hall–Kier alpha value is -6.84. The van der Waals surface area contributed by atoms with Gasteiger partial charge < -0.3 is 55.2 Å². The minimum absolute atomic E-state index is 0.0423. The molecule has 4 aromatic heterocycles. The molecule has 2 aromatic carbocycles. The zero-order chi connectivity index (χ0) is 44.4. The average molecular weight is 842 g/mol. The van der Waals surface area contributed by atoms with Crippen LogP contribution in [0.3, 0.4) is 0 Å². The van der Waals surface area contributed by atoms with Crippen LogP contribution in [0.4, 0.5) is 0 Å². The molecule has 2 unspecified atom stereocenters. The summed E-state index contributed by atoms with van der Waals surface area (Å²) in [5.41, 5.74) is 20.6. The second-order valence-electron chi connectivity index (χ2n) is 14.5. The molecule has 6 aromatic rings. The molecule has 0 spiro atoms. The zero-order valence-electron chi connectivity index (χ0n) is 35.1. The van der Waals surface area contributed by atoms with Crippen LogP contribution in [0.1, 0.15) is 73.3 Å². The summed E-state index contributed by atoms with van der Waals surface area (Å²) in [4.78, 5) is 61.5. The molecule has 6 rings (SSSR count). The minimum Gasteiger partial charge on any atom is -0.494 e. The molecule has 0 radical (unpaired) electrons. The molecule has 2 atom stereocenters. The summed E-state index contributed by atoms with van der Waals surface area (Å²) >= 11 is 0. The highest BCUT2D eigenvalue weighted by atomic mass is 16.5. The number of aryl methyl sites for hydroxylation is 6. The largest absolute Gasteiger partial charge is 0.494 e. The molecule has 0 saturated carbocycles. The number of nitrogens with zero attached hydrogens (tertiary/aromatic N) is 10. The van der Waals surface area contributed by atoms with Gasteiger partial charge in [-0.05, 0) is 77.1 Å². The number of methoxy groups -OCH3 is 1. The van der Waals surface area contributed by atoms with Gasteiger partial charge in [0.15, 0.2) is 0 Å². The summed E-state index contributed by atoms with van der Waals surface area (Å²) < 4.78 is 21.0. The maximum Gasteiger partial charge on any atom is 0.298 e. The van der Waals surface area contributed by atoms with Gasteiger partial charge in [-0.2, -0.15) is 20.2 Å². The lowest BCUT2D eigenvalue weighted by molar-refractivity contribution is -0.000240. The molecule has 0 fully saturated rings. The third-order valence-corrected chi connectivity index (χ3v) is 10.3. The Morgan fingerprint density at radius 1 is 0.721 bits per heavy atom. The Bertz CT molecular complexity index is 2830. The topological polar surface area (TPSA) is 285 Å². The number of hydrogen-bond acceptors (Lipinski definition) is 11. The van der Waals surface area contributed by atoms with E-state index in [9.17, 15) is 29.4 Å². The van der Waals surface area contributed by atoms with Crippen molar-refractivity contribution in [2.45, 2.75) is 72.5 Å². The van der Waals surface area contributed by atoms with Gasteiger partial charge in [-0.3, -0.25) is 28.5 Å². The second-order valence-corrected chi connectivity index (χ2v) is 14.5. The highest BCUT2D eigenvalue weighted by Gasteiger charge is 2.27. The van der Waals surface area contributed by atoms with E-state index in [0.717, 1.165) is 0 Å². The van der Waals surface area contributed by atoms with Gasteiger partial charge in [0.2, 0.25) is 23.1 Å². The van der Waals surface area contributed by atoms with Crippen molar-refractivity contribution in [1.29, 1.82) is 0 Å². The van der Waals surface area contributed by atoms with Crippen molar-refractivity contribution < 1.29 is 38.9 Å². The quantitative estimate of drug-likeness (QED) is 0.0819. The maximum atomic E-state index is 13.9. The van der Waals surface area contributed by atoms with Gasteiger partial charge in [0.25, 0.3) is 11.8 Å². The molecule has 0 aliphatic heterocycles. The summed E-state index contributed by atoms with van der Waals surface area (Å²) in [6.45, 7) is 7.73. The monoisotopic (exact) mass is 841 g/mol. The lowest BCUT2D eigenvalue weighted by Crippen LogP contribution is -2.40. The highest BCUT2D eigenvalue weighted by molar-refractivity contribution is 6.00. The maximum absolute atomic E-state index is 13.9. The SMILES string of the molecule is CCn1nc(C)cc1C(=O)N=c1n(C)c2cc(C(N)=O)cc(OC)c2n1CC(O)C(O)Cn1c(=NC(=O)c2cc(C)nn2CC)n(C)c2cc(C(N)=O)cc(OCCCN)c21. The molecule has 324 valence electrons. The minimum atomic E-state index is -1.60. The van der Waals surface area contributed by atoms with Gasteiger partial charge in [0.1, 0.15) is 33.9 Å². The third-order valence-electron chi connectivity index (χ3n) is 10.3. The number of benzene rings is 2. The zero-order valence-corrected chi connectivity index (χ0v) is 35.1. The van der Waals surface area contributed by atoms with Crippen LogP contribution in [-0.2, 0) is 40.3 Å². The van der Waals surface area contributed by atoms with Crippen LogP contribution in [0.2, 0.25) is 0 Å². The van der Waals surface area contributed by atoms with E-state index in [2.05, 4.69) is 20.2 Å². The first-order valence-corrected chi connectivity index (χ1v) is 19.6. The average Bonchev–Trinajstić information content (AvgIpc) is 3.95. The van der Waals surface area contributed by atoms with Crippen molar-refractivity contribution in [3.63, 3.8) is 0 Å². The first kappa shape index (κ1) is 43.7. The second kappa shape index (κ2) is 17.8. The molecule has 4 heterocycles. The van der Waals surface area contributed by atoms with Crippen molar-refractivity contribution in [2.24, 2.45) is 41.3 Å². The van der Waals surface area contributed by atoms with Gasteiger partial charge >= 0.3 is 0 Å². The van der Waals surface area contributed by atoms with E-state index in [0.29, 0.717) is 59.5 Å². The molecular formula is C40H51N13O8. The summed E-state index contributed by atoms with van der Waals surface area (Å²) in [6, 6.07) is 9.14. The first-order chi connectivity index (χ1) is 29.0. The van der Waals surface area contributed by atoms with Crippen LogP contribution in [0, 0.1) is 13.8 Å². The van der Waals surface area contributed by atoms with E-state index in [-0.39, 0.29) is 64.9 Å². The number of imidazole rings is 2. The van der Waals surface area contributed by atoms with Gasteiger partial charge in [-0.15, -0.1) is 0 Å². The molecular weight excluding hydrogens is 791 g/mol. The summed E-state index contributed by atoms with van der Waals surface area (Å²) in [5, 5.41) is 32.7. The van der Waals surface area contributed by atoms with Crippen LogP contribution >= 0.6 is 0 Å². The van der Waals surface area contributed by atoms with E-state index in [1.807, 2.05) is 13.8 Å². The number of aliphatic hydroxyl groups excluding tert-OH is 2. The Labute approximate surface area is 348 Å². The number of aliphatic hydroxyl groups is 2. The molecule has 21 nitrogen and oxygen atoms in total. The van der Waals surface area contributed by atoms with Crippen molar-refractivity contribution in [3.05, 3.63) is 81.5 Å². The predicted molar refractivity (Wildman–Crippen MR) is 222 cm³/mol.